The number of methoxy groups -OCH3 is 1. The molecule has 0 fully saturated rings. The van der Waals surface area contributed by atoms with Crippen molar-refractivity contribution in [3.63, 3.8) is 0 Å². The first-order valence-corrected chi connectivity index (χ1v) is 10.7. The molecule has 0 aromatic heterocycles. The molecule has 0 saturated carbocycles. The number of anilines is 1. The summed E-state index contributed by atoms with van der Waals surface area (Å²) < 4.78 is 10.6. The maximum Gasteiger partial charge on any atom is 0.407 e. The van der Waals surface area contributed by atoms with Crippen LogP contribution in [0.5, 0.6) is 0 Å². The summed E-state index contributed by atoms with van der Waals surface area (Å²) in [5.74, 6) is -1.91. The number of carboxylic acid groups (broad SMARTS) is 1. The van der Waals surface area contributed by atoms with Crippen molar-refractivity contribution in [1.82, 2.24) is 5.32 Å². The van der Waals surface area contributed by atoms with Crippen LogP contribution in [-0.2, 0) is 14.3 Å². The number of fused-ring (bicyclic) bond motifs is 3. The Kier molecular flexibility index (Phi) is 6.89. The molecule has 34 heavy (non-hydrogen) atoms. The lowest BCUT2D eigenvalue weighted by Crippen LogP contribution is -2.47. The average molecular weight is 460 g/mol. The lowest BCUT2D eigenvalue weighted by Gasteiger charge is -2.19. The molecule has 2 amide bonds. The normalized spacial score (nSPS) is 12.9. The number of rotatable bonds is 8. The van der Waals surface area contributed by atoms with Gasteiger partial charge in [-0.25, -0.2) is 9.59 Å². The van der Waals surface area contributed by atoms with Crippen molar-refractivity contribution in [1.29, 1.82) is 0 Å². The molecule has 3 N–H and O–H groups in total. The van der Waals surface area contributed by atoms with Crippen LogP contribution in [0.25, 0.3) is 11.1 Å². The Balaban J connectivity index is 1.42. The topological polar surface area (TPSA) is 114 Å². The fraction of sp³-hybridized carbons (Fsp3) is 0.192. The Bertz CT molecular complexity index is 1180. The first-order valence-electron chi connectivity index (χ1n) is 10.7. The van der Waals surface area contributed by atoms with Gasteiger partial charge >= 0.3 is 12.1 Å². The van der Waals surface area contributed by atoms with Gasteiger partial charge in [0, 0.05) is 13.0 Å². The van der Waals surface area contributed by atoms with Gasteiger partial charge in [-0.2, -0.15) is 0 Å². The van der Waals surface area contributed by atoms with E-state index < -0.39 is 24.0 Å². The molecule has 0 heterocycles. The molecule has 0 saturated heterocycles. The molecule has 0 bridgehead atoms. The third-order valence-corrected chi connectivity index (χ3v) is 5.70. The van der Waals surface area contributed by atoms with E-state index in [9.17, 15) is 19.5 Å². The fourth-order valence-corrected chi connectivity index (χ4v) is 4.13. The summed E-state index contributed by atoms with van der Waals surface area (Å²) in [7, 11) is 1.39. The molecule has 0 spiro atoms. The van der Waals surface area contributed by atoms with Crippen LogP contribution in [0.1, 0.15) is 27.4 Å². The second-order valence-corrected chi connectivity index (χ2v) is 7.82. The zero-order valence-electron chi connectivity index (χ0n) is 18.5. The van der Waals surface area contributed by atoms with Crippen molar-refractivity contribution in [3.05, 3.63) is 89.5 Å². The Hall–Kier alpha value is -4.17. The summed E-state index contributed by atoms with van der Waals surface area (Å²) in [6, 6.07) is 20.9. The SMILES string of the molecule is COCC(NC(=O)OCC1c2ccccc2-c2ccccc21)C(=O)Nc1ccccc1C(=O)O. The molecule has 3 aromatic rings. The number of amides is 2. The van der Waals surface area contributed by atoms with Gasteiger partial charge in [0.25, 0.3) is 0 Å². The third kappa shape index (κ3) is 4.77. The van der Waals surface area contributed by atoms with Crippen LogP contribution >= 0.6 is 0 Å². The molecular formula is C26H24N2O6. The summed E-state index contributed by atoms with van der Waals surface area (Å²) in [6.45, 7) is -0.0195. The van der Waals surface area contributed by atoms with E-state index in [1.165, 1.54) is 19.2 Å². The Morgan fingerprint density at radius 3 is 2.12 bits per heavy atom. The maximum absolute atomic E-state index is 12.7. The van der Waals surface area contributed by atoms with Gasteiger partial charge in [-0.05, 0) is 34.4 Å². The Morgan fingerprint density at radius 2 is 1.50 bits per heavy atom. The highest BCUT2D eigenvalue weighted by atomic mass is 16.5. The Labute approximate surface area is 196 Å². The number of nitrogens with one attached hydrogen (secondary N) is 2. The highest BCUT2D eigenvalue weighted by Crippen LogP contribution is 2.44. The van der Waals surface area contributed by atoms with E-state index in [1.807, 2.05) is 48.5 Å². The monoisotopic (exact) mass is 460 g/mol. The first-order chi connectivity index (χ1) is 16.5. The van der Waals surface area contributed by atoms with Crippen LogP contribution in [0.4, 0.5) is 10.5 Å². The van der Waals surface area contributed by atoms with Gasteiger partial charge in [0.15, 0.2) is 0 Å². The minimum Gasteiger partial charge on any atom is -0.478 e. The minimum atomic E-state index is -1.18. The van der Waals surface area contributed by atoms with Crippen LogP contribution in [0.15, 0.2) is 72.8 Å². The Morgan fingerprint density at radius 1 is 0.912 bits per heavy atom. The van der Waals surface area contributed by atoms with E-state index in [2.05, 4.69) is 10.6 Å². The first kappa shape index (κ1) is 23.0. The number of alkyl carbamates (subject to hydrolysis) is 1. The summed E-state index contributed by atoms with van der Waals surface area (Å²) in [5.41, 5.74) is 4.44. The van der Waals surface area contributed by atoms with Crippen LogP contribution in [0.3, 0.4) is 0 Å². The predicted molar refractivity (Wildman–Crippen MR) is 126 cm³/mol. The molecule has 8 heteroatoms. The molecule has 0 aliphatic heterocycles. The number of hydrogen-bond acceptors (Lipinski definition) is 5. The largest absolute Gasteiger partial charge is 0.478 e. The van der Waals surface area contributed by atoms with Crippen molar-refractivity contribution >= 4 is 23.7 Å². The molecule has 3 aromatic carbocycles. The molecule has 1 aliphatic carbocycles. The number of hydrogen-bond donors (Lipinski definition) is 3. The van der Waals surface area contributed by atoms with Crippen molar-refractivity contribution in [2.24, 2.45) is 0 Å². The summed E-state index contributed by atoms with van der Waals surface area (Å²) >= 11 is 0. The molecule has 4 rings (SSSR count). The van der Waals surface area contributed by atoms with Gasteiger partial charge in [0.1, 0.15) is 12.6 Å². The van der Waals surface area contributed by atoms with E-state index in [1.54, 1.807) is 12.1 Å². The number of benzene rings is 3. The van der Waals surface area contributed by atoms with Crippen molar-refractivity contribution in [2.75, 3.05) is 25.6 Å². The van der Waals surface area contributed by atoms with Gasteiger partial charge in [0.2, 0.25) is 5.91 Å². The molecule has 8 nitrogen and oxygen atoms in total. The summed E-state index contributed by atoms with van der Waals surface area (Å²) in [5, 5.41) is 14.4. The smallest absolute Gasteiger partial charge is 0.407 e. The minimum absolute atomic E-state index is 0.0619. The number of carbonyl (C=O) groups excluding carboxylic acids is 2. The highest BCUT2D eigenvalue weighted by Gasteiger charge is 2.30. The zero-order valence-corrected chi connectivity index (χ0v) is 18.5. The van der Waals surface area contributed by atoms with Crippen molar-refractivity contribution < 1.29 is 29.0 Å². The zero-order chi connectivity index (χ0) is 24.1. The van der Waals surface area contributed by atoms with E-state index in [0.29, 0.717) is 0 Å². The van der Waals surface area contributed by atoms with Crippen molar-refractivity contribution in [2.45, 2.75) is 12.0 Å². The van der Waals surface area contributed by atoms with Gasteiger partial charge in [0.05, 0.1) is 17.9 Å². The maximum atomic E-state index is 12.7. The lowest BCUT2D eigenvalue weighted by atomic mass is 9.98. The van der Waals surface area contributed by atoms with Crippen LogP contribution < -0.4 is 10.6 Å². The van der Waals surface area contributed by atoms with Crippen LogP contribution in [0, 0.1) is 0 Å². The second-order valence-electron chi connectivity index (χ2n) is 7.82. The van der Waals surface area contributed by atoms with Gasteiger partial charge in [-0.3, -0.25) is 4.79 Å². The van der Waals surface area contributed by atoms with E-state index in [0.717, 1.165) is 22.3 Å². The summed E-state index contributed by atoms with van der Waals surface area (Å²) in [6.07, 6.45) is -0.773. The predicted octanol–water partition coefficient (Wildman–Crippen LogP) is 3.88. The van der Waals surface area contributed by atoms with E-state index in [-0.39, 0.29) is 30.4 Å². The third-order valence-electron chi connectivity index (χ3n) is 5.70. The molecule has 1 atom stereocenters. The number of carboxylic acids is 1. The van der Waals surface area contributed by atoms with E-state index >= 15 is 0 Å². The molecule has 0 radical (unpaired) electrons. The van der Waals surface area contributed by atoms with Crippen LogP contribution in [0.2, 0.25) is 0 Å². The van der Waals surface area contributed by atoms with E-state index in [4.69, 9.17) is 9.47 Å². The average Bonchev–Trinajstić information content (AvgIpc) is 3.16. The summed E-state index contributed by atoms with van der Waals surface area (Å²) in [4.78, 5) is 36.7. The number of aromatic carboxylic acids is 1. The van der Waals surface area contributed by atoms with Crippen molar-refractivity contribution in [3.8, 4) is 11.1 Å². The number of carbonyl (C=O) groups is 3. The fourth-order valence-electron chi connectivity index (χ4n) is 4.13. The number of ether oxygens (including phenoxy) is 2. The van der Waals surface area contributed by atoms with Gasteiger partial charge in [-0.15, -0.1) is 0 Å². The highest BCUT2D eigenvalue weighted by molar-refractivity contribution is 6.02. The lowest BCUT2D eigenvalue weighted by molar-refractivity contribution is -0.119. The molecular weight excluding hydrogens is 436 g/mol. The van der Waals surface area contributed by atoms with Gasteiger partial charge < -0.3 is 25.2 Å². The number of para-hydroxylation sites is 1. The molecule has 1 unspecified atom stereocenters. The second kappa shape index (κ2) is 10.2. The molecule has 174 valence electrons. The van der Waals surface area contributed by atoms with Crippen LogP contribution in [-0.4, -0.2) is 49.4 Å². The quantitative estimate of drug-likeness (QED) is 0.470. The van der Waals surface area contributed by atoms with Gasteiger partial charge in [-0.1, -0.05) is 60.7 Å². The standard InChI is InChI=1S/C26H24N2O6/c1-33-15-23(24(29)27-22-13-7-6-12-20(22)25(30)31)28-26(32)34-14-21-18-10-4-2-8-16(18)17-9-3-5-11-19(17)21/h2-13,21,23H,14-15H2,1H3,(H,27,29)(H,28,32)(H,30,31). The molecule has 1 aliphatic rings.